The molecule has 0 aliphatic heterocycles. The summed E-state index contributed by atoms with van der Waals surface area (Å²) in [6.07, 6.45) is 0. The lowest BCUT2D eigenvalue weighted by Crippen LogP contribution is -2.33. The van der Waals surface area contributed by atoms with E-state index < -0.39 is 0 Å². The Morgan fingerprint density at radius 3 is 2.55 bits per heavy atom. The van der Waals surface area contributed by atoms with E-state index >= 15 is 0 Å². The smallest absolute Gasteiger partial charge is 0.119 e. The highest BCUT2D eigenvalue weighted by Gasteiger charge is 2.10. The van der Waals surface area contributed by atoms with Crippen molar-refractivity contribution < 1.29 is 4.74 Å². The Balaban J connectivity index is 1.81. The molecule has 2 rings (SSSR count). The Bertz CT molecular complexity index is 494. The van der Waals surface area contributed by atoms with Crippen molar-refractivity contribution in [1.29, 1.82) is 0 Å². The highest BCUT2D eigenvalue weighted by molar-refractivity contribution is 7.09. The van der Waals surface area contributed by atoms with Crippen LogP contribution in [0.2, 0.25) is 0 Å². The maximum atomic E-state index is 5.77. The number of anilines is 1. The SMILES string of the molecule is CC(C)N(CCOc1ccc(N)cc1)Cc1cccs1. The number of nitrogen functional groups attached to an aromatic ring is 1. The molecule has 3 nitrogen and oxygen atoms in total. The van der Waals surface area contributed by atoms with E-state index in [9.17, 15) is 0 Å². The molecule has 0 aliphatic rings. The van der Waals surface area contributed by atoms with Gasteiger partial charge in [0.25, 0.3) is 0 Å². The number of hydrogen-bond donors (Lipinski definition) is 1. The van der Waals surface area contributed by atoms with Gasteiger partial charge in [-0.2, -0.15) is 0 Å². The van der Waals surface area contributed by atoms with Crippen LogP contribution in [0.1, 0.15) is 18.7 Å². The molecule has 1 aromatic carbocycles. The van der Waals surface area contributed by atoms with Crippen molar-refractivity contribution in [1.82, 2.24) is 4.90 Å². The lowest BCUT2D eigenvalue weighted by Gasteiger charge is -2.25. The van der Waals surface area contributed by atoms with Crippen LogP contribution >= 0.6 is 11.3 Å². The average molecular weight is 290 g/mol. The summed E-state index contributed by atoms with van der Waals surface area (Å²) in [6.45, 7) is 7.03. The quantitative estimate of drug-likeness (QED) is 0.792. The van der Waals surface area contributed by atoms with Crippen LogP contribution < -0.4 is 10.5 Å². The molecule has 2 N–H and O–H groups in total. The van der Waals surface area contributed by atoms with Gasteiger partial charge in [0.15, 0.2) is 0 Å². The van der Waals surface area contributed by atoms with Gasteiger partial charge in [0.2, 0.25) is 0 Å². The van der Waals surface area contributed by atoms with Crippen molar-refractivity contribution in [3.8, 4) is 5.75 Å². The van der Waals surface area contributed by atoms with Gasteiger partial charge in [-0.1, -0.05) is 6.07 Å². The second kappa shape index (κ2) is 7.31. The molecule has 0 atom stereocenters. The number of thiophene rings is 1. The standard InChI is InChI=1S/C16H22N2OS/c1-13(2)18(12-16-4-3-11-20-16)9-10-19-15-7-5-14(17)6-8-15/h3-8,11,13H,9-10,12,17H2,1-2H3. The number of ether oxygens (including phenoxy) is 1. The van der Waals surface area contributed by atoms with Crippen LogP contribution in [-0.4, -0.2) is 24.1 Å². The average Bonchev–Trinajstić information content (AvgIpc) is 2.92. The van der Waals surface area contributed by atoms with Crippen LogP contribution in [0.4, 0.5) is 5.69 Å². The van der Waals surface area contributed by atoms with Crippen LogP contribution in [0, 0.1) is 0 Å². The Morgan fingerprint density at radius 2 is 1.95 bits per heavy atom. The first-order valence-electron chi connectivity index (χ1n) is 6.90. The van der Waals surface area contributed by atoms with E-state index in [-0.39, 0.29) is 0 Å². The van der Waals surface area contributed by atoms with Crippen molar-refractivity contribution in [2.24, 2.45) is 0 Å². The van der Waals surface area contributed by atoms with Gasteiger partial charge in [0, 0.05) is 29.7 Å². The topological polar surface area (TPSA) is 38.5 Å². The molecule has 1 aromatic heterocycles. The highest BCUT2D eigenvalue weighted by atomic mass is 32.1. The number of benzene rings is 1. The molecule has 20 heavy (non-hydrogen) atoms. The largest absolute Gasteiger partial charge is 0.492 e. The zero-order valence-electron chi connectivity index (χ0n) is 12.1. The molecule has 0 radical (unpaired) electrons. The van der Waals surface area contributed by atoms with Gasteiger partial charge in [0.05, 0.1) is 0 Å². The predicted octanol–water partition coefficient (Wildman–Crippen LogP) is 3.62. The van der Waals surface area contributed by atoms with Gasteiger partial charge in [-0.15, -0.1) is 11.3 Å². The Hall–Kier alpha value is -1.52. The van der Waals surface area contributed by atoms with Crippen molar-refractivity contribution in [3.05, 3.63) is 46.7 Å². The van der Waals surface area contributed by atoms with Crippen LogP contribution in [0.25, 0.3) is 0 Å². The second-order valence-electron chi connectivity index (χ2n) is 5.06. The lowest BCUT2D eigenvalue weighted by atomic mass is 10.3. The second-order valence-corrected chi connectivity index (χ2v) is 6.09. The van der Waals surface area contributed by atoms with E-state index in [1.54, 1.807) is 11.3 Å². The molecule has 0 aliphatic carbocycles. The van der Waals surface area contributed by atoms with Gasteiger partial charge in [-0.3, -0.25) is 4.90 Å². The normalized spacial score (nSPS) is 11.2. The van der Waals surface area contributed by atoms with E-state index in [0.29, 0.717) is 12.6 Å². The summed E-state index contributed by atoms with van der Waals surface area (Å²) < 4.78 is 5.77. The molecule has 0 unspecified atom stereocenters. The third kappa shape index (κ3) is 4.54. The maximum Gasteiger partial charge on any atom is 0.119 e. The number of hydrogen-bond acceptors (Lipinski definition) is 4. The van der Waals surface area contributed by atoms with Gasteiger partial charge in [0.1, 0.15) is 12.4 Å². The minimum atomic E-state index is 0.507. The monoisotopic (exact) mass is 290 g/mol. The zero-order chi connectivity index (χ0) is 14.4. The summed E-state index contributed by atoms with van der Waals surface area (Å²) in [5.41, 5.74) is 6.42. The van der Waals surface area contributed by atoms with Gasteiger partial charge in [-0.25, -0.2) is 0 Å². The Morgan fingerprint density at radius 1 is 1.20 bits per heavy atom. The van der Waals surface area contributed by atoms with E-state index in [4.69, 9.17) is 10.5 Å². The number of rotatable bonds is 7. The molecule has 0 spiro atoms. The fourth-order valence-corrected chi connectivity index (χ4v) is 2.70. The lowest BCUT2D eigenvalue weighted by molar-refractivity contribution is 0.170. The molecule has 0 bridgehead atoms. The molecule has 4 heteroatoms. The molecule has 0 fully saturated rings. The van der Waals surface area contributed by atoms with E-state index in [1.165, 1.54) is 4.88 Å². The molecule has 0 saturated carbocycles. The van der Waals surface area contributed by atoms with Crippen LogP contribution in [0.3, 0.4) is 0 Å². The number of nitrogens with two attached hydrogens (primary N) is 1. The van der Waals surface area contributed by atoms with Crippen LogP contribution in [0.15, 0.2) is 41.8 Å². The molecule has 0 amide bonds. The molecule has 108 valence electrons. The summed E-state index contributed by atoms with van der Waals surface area (Å²) in [7, 11) is 0. The fraction of sp³-hybridized carbons (Fsp3) is 0.375. The molecule has 0 saturated heterocycles. The summed E-state index contributed by atoms with van der Waals surface area (Å²) in [6, 6.07) is 12.3. The molecule has 1 heterocycles. The third-order valence-electron chi connectivity index (χ3n) is 3.20. The molecular formula is C16H22N2OS. The first-order chi connectivity index (χ1) is 9.65. The van der Waals surface area contributed by atoms with Gasteiger partial charge < -0.3 is 10.5 Å². The summed E-state index contributed by atoms with van der Waals surface area (Å²) >= 11 is 1.80. The summed E-state index contributed by atoms with van der Waals surface area (Å²) in [5.74, 6) is 0.874. The van der Waals surface area contributed by atoms with Gasteiger partial charge >= 0.3 is 0 Å². The fourth-order valence-electron chi connectivity index (χ4n) is 1.97. The summed E-state index contributed by atoms with van der Waals surface area (Å²) in [4.78, 5) is 3.81. The van der Waals surface area contributed by atoms with Crippen molar-refractivity contribution in [2.75, 3.05) is 18.9 Å². The predicted molar refractivity (Wildman–Crippen MR) is 86.2 cm³/mol. The first-order valence-corrected chi connectivity index (χ1v) is 7.78. The van der Waals surface area contributed by atoms with E-state index in [1.807, 2.05) is 24.3 Å². The number of nitrogens with zero attached hydrogens (tertiary/aromatic N) is 1. The van der Waals surface area contributed by atoms with E-state index in [0.717, 1.165) is 24.5 Å². The third-order valence-corrected chi connectivity index (χ3v) is 4.06. The van der Waals surface area contributed by atoms with Crippen molar-refractivity contribution in [2.45, 2.75) is 26.4 Å². The minimum Gasteiger partial charge on any atom is -0.492 e. The molecule has 2 aromatic rings. The summed E-state index contributed by atoms with van der Waals surface area (Å²) in [5, 5.41) is 2.12. The highest BCUT2D eigenvalue weighted by Crippen LogP contribution is 2.15. The first kappa shape index (κ1) is 14.9. The van der Waals surface area contributed by atoms with Crippen molar-refractivity contribution in [3.63, 3.8) is 0 Å². The van der Waals surface area contributed by atoms with Crippen LogP contribution in [0.5, 0.6) is 5.75 Å². The van der Waals surface area contributed by atoms with Gasteiger partial charge in [-0.05, 0) is 49.6 Å². The molecular weight excluding hydrogens is 268 g/mol. The maximum absolute atomic E-state index is 5.77. The Labute approximate surface area is 125 Å². The Kier molecular flexibility index (Phi) is 5.44. The van der Waals surface area contributed by atoms with Crippen molar-refractivity contribution >= 4 is 17.0 Å². The van der Waals surface area contributed by atoms with Crippen LogP contribution in [-0.2, 0) is 6.54 Å². The minimum absolute atomic E-state index is 0.507. The zero-order valence-corrected chi connectivity index (χ0v) is 12.9. The van der Waals surface area contributed by atoms with E-state index in [2.05, 4.69) is 36.3 Å².